The Bertz CT molecular complexity index is 1140. The molecular formula is C30H37FN4. The second-order valence-electron chi connectivity index (χ2n) is 9.34. The Kier molecular flexibility index (Phi) is 9.30. The SMILES string of the molecule is CCCC(C)(CCC)C(C)=N/C(=C(\C)c1ccnc(NCc2ccccc2)n1)c1ccc(F)cc1. The number of aliphatic imine (C=N–C) groups is 1. The quantitative estimate of drug-likeness (QED) is 0.286. The molecule has 0 fully saturated rings. The minimum atomic E-state index is -0.261. The number of hydrogen-bond acceptors (Lipinski definition) is 4. The van der Waals surface area contributed by atoms with Crippen LogP contribution >= 0.6 is 0 Å². The molecule has 35 heavy (non-hydrogen) atoms. The van der Waals surface area contributed by atoms with Crippen LogP contribution in [0.4, 0.5) is 10.3 Å². The number of rotatable bonds is 11. The lowest BCUT2D eigenvalue weighted by Gasteiger charge is -2.29. The first-order valence-electron chi connectivity index (χ1n) is 12.5. The first kappa shape index (κ1) is 26.3. The van der Waals surface area contributed by atoms with Crippen LogP contribution in [-0.4, -0.2) is 15.7 Å². The van der Waals surface area contributed by atoms with E-state index in [-0.39, 0.29) is 11.2 Å². The molecule has 0 amide bonds. The van der Waals surface area contributed by atoms with Gasteiger partial charge in [-0.05, 0) is 62.6 Å². The summed E-state index contributed by atoms with van der Waals surface area (Å²) in [7, 11) is 0. The molecule has 0 saturated heterocycles. The van der Waals surface area contributed by atoms with Crippen molar-refractivity contribution in [3.05, 3.63) is 89.5 Å². The monoisotopic (exact) mass is 472 g/mol. The summed E-state index contributed by atoms with van der Waals surface area (Å²) in [5.41, 5.74) is 5.67. The Morgan fingerprint density at radius 1 is 0.943 bits per heavy atom. The molecular weight excluding hydrogens is 435 g/mol. The number of benzene rings is 2. The molecule has 0 saturated carbocycles. The van der Waals surface area contributed by atoms with E-state index in [9.17, 15) is 4.39 Å². The van der Waals surface area contributed by atoms with Crippen molar-refractivity contribution < 1.29 is 4.39 Å². The van der Waals surface area contributed by atoms with Gasteiger partial charge in [0.15, 0.2) is 0 Å². The van der Waals surface area contributed by atoms with Gasteiger partial charge in [0.1, 0.15) is 5.82 Å². The van der Waals surface area contributed by atoms with E-state index in [0.29, 0.717) is 12.5 Å². The molecule has 184 valence electrons. The number of hydrogen-bond donors (Lipinski definition) is 1. The van der Waals surface area contributed by atoms with Crippen LogP contribution in [0.25, 0.3) is 11.3 Å². The number of nitrogens with zero attached hydrogens (tertiary/aromatic N) is 3. The second kappa shape index (κ2) is 12.4. The van der Waals surface area contributed by atoms with Crippen LogP contribution in [-0.2, 0) is 6.54 Å². The molecule has 0 spiro atoms. The molecule has 0 radical (unpaired) electrons. The van der Waals surface area contributed by atoms with Gasteiger partial charge >= 0.3 is 0 Å². The minimum Gasteiger partial charge on any atom is -0.350 e. The molecule has 2 aromatic carbocycles. The summed E-state index contributed by atoms with van der Waals surface area (Å²) in [6, 6.07) is 18.6. The van der Waals surface area contributed by atoms with Crippen LogP contribution in [0, 0.1) is 11.2 Å². The van der Waals surface area contributed by atoms with Crippen molar-refractivity contribution in [2.75, 3.05) is 5.32 Å². The lowest BCUT2D eigenvalue weighted by molar-refractivity contribution is 0.383. The highest BCUT2D eigenvalue weighted by atomic mass is 19.1. The maximum absolute atomic E-state index is 13.7. The highest BCUT2D eigenvalue weighted by molar-refractivity contribution is 5.98. The molecule has 5 heteroatoms. The summed E-state index contributed by atoms with van der Waals surface area (Å²) in [6.07, 6.45) is 6.11. The lowest BCUT2D eigenvalue weighted by Crippen LogP contribution is -2.25. The van der Waals surface area contributed by atoms with Crippen molar-refractivity contribution in [3.63, 3.8) is 0 Å². The molecule has 0 aliphatic carbocycles. The summed E-state index contributed by atoms with van der Waals surface area (Å²) >= 11 is 0. The van der Waals surface area contributed by atoms with E-state index >= 15 is 0 Å². The largest absolute Gasteiger partial charge is 0.350 e. The van der Waals surface area contributed by atoms with Gasteiger partial charge in [0.05, 0.1) is 11.4 Å². The fraction of sp³-hybridized carbons (Fsp3) is 0.367. The van der Waals surface area contributed by atoms with Gasteiger partial charge in [-0.15, -0.1) is 0 Å². The Morgan fingerprint density at radius 2 is 1.60 bits per heavy atom. The fourth-order valence-corrected chi connectivity index (χ4v) is 4.42. The molecule has 4 nitrogen and oxygen atoms in total. The van der Waals surface area contributed by atoms with Crippen molar-refractivity contribution >= 4 is 22.9 Å². The molecule has 0 aliphatic rings. The van der Waals surface area contributed by atoms with Gasteiger partial charge in [0, 0.05) is 35.0 Å². The Hall–Kier alpha value is -3.34. The molecule has 0 aliphatic heterocycles. The minimum absolute atomic E-state index is 0.0170. The Labute approximate surface area is 209 Å². The summed E-state index contributed by atoms with van der Waals surface area (Å²) in [5.74, 6) is 0.300. The van der Waals surface area contributed by atoms with E-state index in [1.807, 2.05) is 31.2 Å². The number of anilines is 1. The van der Waals surface area contributed by atoms with E-state index in [0.717, 1.165) is 59.5 Å². The summed E-state index contributed by atoms with van der Waals surface area (Å²) in [5, 5.41) is 3.31. The normalized spacial score (nSPS) is 12.9. The lowest BCUT2D eigenvalue weighted by atomic mass is 9.77. The highest BCUT2D eigenvalue weighted by Gasteiger charge is 2.26. The predicted octanol–water partition coefficient (Wildman–Crippen LogP) is 8.18. The van der Waals surface area contributed by atoms with Gasteiger partial charge in [0.25, 0.3) is 0 Å². The zero-order valence-corrected chi connectivity index (χ0v) is 21.6. The van der Waals surface area contributed by atoms with Gasteiger partial charge in [-0.1, -0.05) is 63.9 Å². The van der Waals surface area contributed by atoms with Crippen LogP contribution in [0.1, 0.15) is 77.1 Å². The average molecular weight is 473 g/mol. The van der Waals surface area contributed by atoms with E-state index < -0.39 is 0 Å². The first-order chi connectivity index (χ1) is 16.9. The van der Waals surface area contributed by atoms with Crippen LogP contribution in [0.15, 0.2) is 71.9 Å². The average Bonchev–Trinajstić information content (AvgIpc) is 2.87. The number of nitrogens with one attached hydrogen (secondary N) is 1. The van der Waals surface area contributed by atoms with Crippen molar-refractivity contribution in [2.45, 2.75) is 66.8 Å². The maximum atomic E-state index is 13.7. The van der Waals surface area contributed by atoms with Crippen molar-refractivity contribution in [1.82, 2.24) is 9.97 Å². The molecule has 3 aromatic rings. The van der Waals surface area contributed by atoms with Gasteiger partial charge in [-0.2, -0.15) is 0 Å². The molecule has 0 atom stereocenters. The zero-order valence-electron chi connectivity index (χ0n) is 21.6. The predicted molar refractivity (Wildman–Crippen MR) is 146 cm³/mol. The van der Waals surface area contributed by atoms with E-state index in [1.165, 1.54) is 12.1 Å². The van der Waals surface area contributed by atoms with E-state index in [1.54, 1.807) is 18.3 Å². The molecule has 0 bridgehead atoms. The van der Waals surface area contributed by atoms with Crippen molar-refractivity contribution in [3.8, 4) is 0 Å². The van der Waals surface area contributed by atoms with E-state index in [4.69, 9.17) is 9.98 Å². The summed E-state index contributed by atoms with van der Waals surface area (Å²) < 4.78 is 13.7. The summed E-state index contributed by atoms with van der Waals surface area (Å²) in [4.78, 5) is 14.3. The third kappa shape index (κ3) is 7.08. The Balaban J connectivity index is 2.02. The maximum Gasteiger partial charge on any atom is 0.223 e. The van der Waals surface area contributed by atoms with E-state index in [2.05, 4.69) is 50.1 Å². The molecule has 1 aromatic heterocycles. The van der Waals surface area contributed by atoms with Gasteiger partial charge < -0.3 is 5.32 Å². The van der Waals surface area contributed by atoms with Gasteiger partial charge in [0.2, 0.25) is 5.95 Å². The summed E-state index contributed by atoms with van der Waals surface area (Å²) in [6.45, 7) is 11.5. The number of halogens is 1. The number of allylic oxidation sites excluding steroid dienone is 1. The van der Waals surface area contributed by atoms with Crippen LogP contribution in [0.3, 0.4) is 0 Å². The molecule has 0 unspecified atom stereocenters. The van der Waals surface area contributed by atoms with Crippen LogP contribution < -0.4 is 5.32 Å². The molecule has 1 N–H and O–H groups in total. The highest BCUT2D eigenvalue weighted by Crippen LogP contribution is 2.34. The smallest absolute Gasteiger partial charge is 0.223 e. The van der Waals surface area contributed by atoms with Crippen molar-refractivity contribution in [1.29, 1.82) is 0 Å². The van der Waals surface area contributed by atoms with Crippen molar-refractivity contribution in [2.24, 2.45) is 10.4 Å². The Morgan fingerprint density at radius 3 is 2.23 bits per heavy atom. The first-order valence-corrected chi connectivity index (χ1v) is 12.5. The van der Waals surface area contributed by atoms with Gasteiger partial charge in [-0.25, -0.2) is 14.4 Å². The molecule has 1 heterocycles. The van der Waals surface area contributed by atoms with Crippen LogP contribution in [0.5, 0.6) is 0 Å². The van der Waals surface area contributed by atoms with Crippen LogP contribution in [0.2, 0.25) is 0 Å². The third-order valence-corrected chi connectivity index (χ3v) is 6.56. The second-order valence-corrected chi connectivity index (χ2v) is 9.34. The topological polar surface area (TPSA) is 50.2 Å². The zero-order chi connectivity index (χ0) is 25.3. The fourth-order valence-electron chi connectivity index (χ4n) is 4.42. The standard InChI is InChI=1S/C30H37FN4/c1-6-18-30(5,19-7-2)23(4)34-28(25-13-15-26(31)16-14-25)22(3)27-17-20-32-29(35-27)33-21-24-11-9-8-10-12-24/h8-17,20H,6-7,18-19,21H2,1-5H3,(H,32,33,35)/b28-22+,34-23?. The molecule has 3 rings (SSSR count). The number of aromatic nitrogens is 2. The third-order valence-electron chi connectivity index (χ3n) is 6.56. The van der Waals surface area contributed by atoms with Gasteiger partial charge in [-0.3, -0.25) is 4.99 Å².